The summed E-state index contributed by atoms with van der Waals surface area (Å²) in [5.74, 6) is -1.17. The number of halogens is 1. The first-order valence-corrected chi connectivity index (χ1v) is 7.36. The number of benzene rings is 1. The van der Waals surface area contributed by atoms with Gasteiger partial charge in [-0.25, -0.2) is 12.8 Å². The van der Waals surface area contributed by atoms with Gasteiger partial charge in [0.1, 0.15) is 11.9 Å². The Hall–Kier alpha value is -1.47. The fraction of sp³-hybridized carbons (Fsp3) is 0.417. The first-order valence-electron chi connectivity index (χ1n) is 5.92. The van der Waals surface area contributed by atoms with Crippen molar-refractivity contribution in [1.29, 1.82) is 0 Å². The van der Waals surface area contributed by atoms with E-state index in [4.69, 9.17) is 5.73 Å². The molecule has 19 heavy (non-hydrogen) atoms. The molecule has 1 aliphatic heterocycles. The van der Waals surface area contributed by atoms with E-state index in [1.54, 1.807) is 6.92 Å². The van der Waals surface area contributed by atoms with Gasteiger partial charge >= 0.3 is 0 Å². The second kappa shape index (κ2) is 4.90. The number of amides is 1. The largest absolute Gasteiger partial charge is 0.368 e. The zero-order chi connectivity index (χ0) is 14.2. The number of nitrogens with zero attached hydrogens (tertiary/aromatic N) is 1. The van der Waals surface area contributed by atoms with Crippen LogP contribution in [0.2, 0.25) is 0 Å². The normalized spacial score (nSPS) is 24.5. The highest BCUT2D eigenvalue weighted by molar-refractivity contribution is 7.89. The van der Waals surface area contributed by atoms with Crippen LogP contribution in [0.25, 0.3) is 0 Å². The van der Waals surface area contributed by atoms with Crippen LogP contribution in [0.5, 0.6) is 0 Å². The van der Waals surface area contributed by atoms with E-state index in [9.17, 15) is 17.6 Å². The summed E-state index contributed by atoms with van der Waals surface area (Å²) in [4.78, 5) is 11.3. The van der Waals surface area contributed by atoms with Crippen molar-refractivity contribution in [3.8, 4) is 0 Å². The molecule has 1 amide bonds. The van der Waals surface area contributed by atoms with Crippen LogP contribution in [0.4, 0.5) is 4.39 Å². The minimum atomic E-state index is -3.83. The molecule has 1 heterocycles. The van der Waals surface area contributed by atoms with E-state index in [0.29, 0.717) is 12.8 Å². The van der Waals surface area contributed by atoms with Gasteiger partial charge in [0.2, 0.25) is 15.9 Å². The van der Waals surface area contributed by atoms with Crippen LogP contribution in [-0.2, 0) is 14.8 Å². The fourth-order valence-electron chi connectivity index (χ4n) is 2.36. The maximum atomic E-state index is 12.9. The van der Waals surface area contributed by atoms with Crippen molar-refractivity contribution in [2.45, 2.75) is 36.7 Å². The van der Waals surface area contributed by atoms with Crippen LogP contribution in [0, 0.1) is 5.82 Å². The molecule has 0 saturated carbocycles. The van der Waals surface area contributed by atoms with Crippen molar-refractivity contribution in [3.63, 3.8) is 0 Å². The number of hydrogen-bond acceptors (Lipinski definition) is 3. The molecule has 1 saturated heterocycles. The quantitative estimate of drug-likeness (QED) is 0.894. The summed E-state index contributed by atoms with van der Waals surface area (Å²) in [5.41, 5.74) is 5.24. The zero-order valence-corrected chi connectivity index (χ0v) is 11.2. The van der Waals surface area contributed by atoms with Gasteiger partial charge in [0.15, 0.2) is 0 Å². The summed E-state index contributed by atoms with van der Waals surface area (Å²) in [7, 11) is -3.83. The lowest BCUT2D eigenvalue weighted by molar-refractivity contribution is -0.121. The third kappa shape index (κ3) is 2.48. The SMILES string of the molecule is CC1CCC(C(N)=O)N1S(=O)(=O)c1ccc(F)cc1. The summed E-state index contributed by atoms with van der Waals surface area (Å²) in [6.45, 7) is 1.73. The van der Waals surface area contributed by atoms with E-state index in [2.05, 4.69) is 0 Å². The Morgan fingerprint density at radius 1 is 1.32 bits per heavy atom. The monoisotopic (exact) mass is 286 g/mol. The van der Waals surface area contributed by atoms with Gasteiger partial charge in [0.25, 0.3) is 0 Å². The maximum absolute atomic E-state index is 12.9. The Morgan fingerprint density at radius 2 is 1.89 bits per heavy atom. The summed E-state index contributed by atoms with van der Waals surface area (Å²) in [6, 6.07) is 3.40. The molecule has 1 fully saturated rings. The van der Waals surface area contributed by atoms with E-state index in [1.807, 2.05) is 0 Å². The summed E-state index contributed by atoms with van der Waals surface area (Å²) < 4.78 is 38.9. The number of rotatable bonds is 3. The molecule has 2 rings (SSSR count). The second-order valence-corrected chi connectivity index (χ2v) is 6.48. The van der Waals surface area contributed by atoms with Crippen LogP contribution in [0.15, 0.2) is 29.2 Å². The van der Waals surface area contributed by atoms with Gasteiger partial charge in [-0.2, -0.15) is 4.31 Å². The summed E-state index contributed by atoms with van der Waals surface area (Å²) in [5, 5.41) is 0. The molecule has 0 radical (unpaired) electrons. The number of carbonyl (C=O) groups is 1. The number of primary amides is 1. The molecule has 5 nitrogen and oxygen atoms in total. The molecule has 0 bridgehead atoms. The highest BCUT2D eigenvalue weighted by atomic mass is 32.2. The van der Waals surface area contributed by atoms with Crippen molar-refractivity contribution < 1.29 is 17.6 Å². The Kier molecular flexibility index (Phi) is 3.60. The molecule has 1 aromatic rings. The average Bonchev–Trinajstić information content (AvgIpc) is 2.72. The number of sulfonamides is 1. The van der Waals surface area contributed by atoms with Gasteiger partial charge in [-0.1, -0.05) is 0 Å². The van der Waals surface area contributed by atoms with Crippen molar-refractivity contribution in [2.75, 3.05) is 0 Å². The summed E-state index contributed by atoms with van der Waals surface area (Å²) in [6.07, 6.45) is 0.991. The van der Waals surface area contributed by atoms with Crippen LogP contribution < -0.4 is 5.73 Å². The van der Waals surface area contributed by atoms with Crippen molar-refractivity contribution in [2.24, 2.45) is 5.73 Å². The smallest absolute Gasteiger partial charge is 0.244 e. The first kappa shape index (κ1) is 14.0. The van der Waals surface area contributed by atoms with Crippen LogP contribution in [0.1, 0.15) is 19.8 Å². The highest BCUT2D eigenvalue weighted by Gasteiger charge is 2.42. The standard InChI is InChI=1S/C12H15FN2O3S/c1-8-2-7-11(12(14)16)15(8)19(17,18)10-5-3-9(13)4-6-10/h3-6,8,11H,2,7H2,1H3,(H2,14,16). The fourth-order valence-corrected chi connectivity index (χ4v) is 4.21. The summed E-state index contributed by atoms with van der Waals surface area (Å²) >= 11 is 0. The van der Waals surface area contributed by atoms with Gasteiger partial charge in [0, 0.05) is 6.04 Å². The highest BCUT2D eigenvalue weighted by Crippen LogP contribution is 2.30. The predicted molar refractivity (Wildman–Crippen MR) is 67.1 cm³/mol. The molecule has 0 aromatic heterocycles. The van der Waals surface area contributed by atoms with Gasteiger partial charge in [-0.3, -0.25) is 4.79 Å². The molecule has 1 aliphatic rings. The van der Waals surface area contributed by atoms with Crippen LogP contribution in [0.3, 0.4) is 0 Å². The number of hydrogen-bond donors (Lipinski definition) is 1. The second-order valence-electron chi connectivity index (χ2n) is 4.63. The Balaban J connectivity index is 2.43. The van der Waals surface area contributed by atoms with Crippen molar-refractivity contribution in [1.82, 2.24) is 4.31 Å². The molecule has 2 atom stereocenters. The molecular weight excluding hydrogens is 271 g/mol. The molecule has 2 unspecified atom stereocenters. The third-order valence-electron chi connectivity index (χ3n) is 3.32. The van der Waals surface area contributed by atoms with E-state index in [1.165, 1.54) is 12.1 Å². The van der Waals surface area contributed by atoms with Crippen LogP contribution in [-0.4, -0.2) is 30.7 Å². The molecule has 0 aliphatic carbocycles. The van der Waals surface area contributed by atoms with E-state index in [-0.39, 0.29) is 10.9 Å². The predicted octanol–water partition coefficient (Wildman–Crippen LogP) is 0.853. The van der Waals surface area contributed by atoms with E-state index < -0.39 is 27.8 Å². The lowest BCUT2D eigenvalue weighted by Gasteiger charge is -2.25. The molecule has 104 valence electrons. The van der Waals surface area contributed by atoms with Crippen molar-refractivity contribution >= 4 is 15.9 Å². The lowest BCUT2D eigenvalue weighted by atomic mass is 10.2. The maximum Gasteiger partial charge on any atom is 0.244 e. The Morgan fingerprint density at radius 3 is 2.42 bits per heavy atom. The zero-order valence-electron chi connectivity index (χ0n) is 10.4. The number of nitrogens with two attached hydrogens (primary N) is 1. The molecule has 1 aromatic carbocycles. The number of carbonyl (C=O) groups excluding carboxylic acids is 1. The minimum Gasteiger partial charge on any atom is -0.368 e. The lowest BCUT2D eigenvalue weighted by Crippen LogP contribution is -2.46. The average molecular weight is 286 g/mol. The molecular formula is C12H15FN2O3S. The van der Waals surface area contributed by atoms with E-state index >= 15 is 0 Å². The van der Waals surface area contributed by atoms with Crippen LogP contribution >= 0.6 is 0 Å². The van der Waals surface area contributed by atoms with Gasteiger partial charge in [0.05, 0.1) is 4.90 Å². The van der Waals surface area contributed by atoms with Crippen molar-refractivity contribution in [3.05, 3.63) is 30.1 Å². The topological polar surface area (TPSA) is 80.5 Å². The molecule has 2 N–H and O–H groups in total. The van der Waals surface area contributed by atoms with E-state index in [0.717, 1.165) is 16.4 Å². The Bertz CT molecular complexity index is 585. The first-order chi connectivity index (χ1) is 8.84. The third-order valence-corrected chi connectivity index (χ3v) is 5.35. The minimum absolute atomic E-state index is 0.0334. The van der Waals surface area contributed by atoms with Gasteiger partial charge in [-0.05, 0) is 44.0 Å². The molecule has 0 spiro atoms. The van der Waals surface area contributed by atoms with Gasteiger partial charge < -0.3 is 5.73 Å². The Labute approximate surface area is 111 Å². The van der Waals surface area contributed by atoms with Gasteiger partial charge in [-0.15, -0.1) is 0 Å². The molecule has 7 heteroatoms.